The van der Waals surface area contributed by atoms with Crippen LogP contribution in [0.15, 0.2) is 29.8 Å². The molecule has 0 radical (unpaired) electrons. The van der Waals surface area contributed by atoms with Crippen molar-refractivity contribution in [3.63, 3.8) is 0 Å². The number of fused-ring (bicyclic) bond motifs is 3. The molecule has 1 amide bonds. The van der Waals surface area contributed by atoms with Crippen LogP contribution in [0, 0.1) is 62.6 Å². The molecule has 3 saturated carbocycles. The molecular weight excluding hydrogens is 833 g/mol. The first-order valence-electron chi connectivity index (χ1n) is 22.5. The molecule has 1 aromatic rings. The summed E-state index contributed by atoms with van der Waals surface area (Å²) in [5.41, 5.74) is -5.17. The van der Waals surface area contributed by atoms with Gasteiger partial charge in [-0.1, -0.05) is 73.5 Å². The van der Waals surface area contributed by atoms with E-state index in [0.717, 1.165) is 25.7 Å². The molecule has 1 unspecified atom stereocenters. The number of rotatable bonds is 12. The fraction of sp³-hybridized carbons (Fsp3) is 0.750. The summed E-state index contributed by atoms with van der Waals surface area (Å²) < 4.78 is 98.8. The fourth-order valence-electron chi connectivity index (χ4n) is 13.4. The van der Waals surface area contributed by atoms with Crippen molar-refractivity contribution in [2.45, 2.75) is 145 Å². The molecule has 2 N–H and O–H groups in total. The summed E-state index contributed by atoms with van der Waals surface area (Å²) in [6, 6.07) is 0.717. The number of alkyl halides is 6. The van der Waals surface area contributed by atoms with E-state index in [1.807, 2.05) is 6.92 Å². The third-order valence-corrected chi connectivity index (χ3v) is 17.2. The minimum absolute atomic E-state index is 0.0202. The second-order valence-corrected chi connectivity index (χ2v) is 21.0. The maximum atomic E-state index is 13.9. The van der Waals surface area contributed by atoms with E-state index in [2.05, 4.69) is 52.9 Å². The molecule has 9 nitrogen and oxygen atoms in total. The molecule has 352 valence electrons. The zero-order chi connectivity index (χ0) is 46.9. The Bertz CT molecular complexity index is 1950. The van der Waals surface area contributed by atoms with E-state index in [0.29, 0.717) is 50.3 Å². The minimum Gasteiger partial charge on any atom is -0.481 e. The molecule has 1 aromatic carbocycles. The van der Waals surface area contributed by atoms with Crippen molar-refractivity contribution < 1.29 is 64.8 Å². The molecule has 1 aliphatic heterocycles. The predicted octanol–water partition coefficient (Wildman–Crippen LogP) is 10.7. The Labute approximate surface area is 366 Å². The Morgan fingerprint density at radius 3 is 2.08 bits per heavy atom. The van der Waals surface area contributed by atoms with Crippen LogP contribution < -0.4 is 5.32 Å². The first-order valence-corrected chi connectivity index (χ1v) is 22.5. The zero-order valence-corrected chi connectivity index (χ0v) is 38.0. The van der Waals surface area contributed by atoms with Gasteiger partial charge < -0.3 is 24.6 Å². The summed E-state index contributed by atoms with van der Waals surface area (Å²) in [5, 5.41) is 13.4. The third kappa shape index (κ3) is 8.43. The molecule has 4 aliphatic carbocycles. The van der Waals surface area contributed by atoms with Crippen molar-refractivity contribution in [3.05, 3.63) is 46.5 Å². The number of allylic oxidation sites excluding steroid dienone is 1. The van der Waals surface area contributed by atoms with Crippen molar-refractivity contribution >= 4 is 23.8 Å². The molecule has 1 saturated heterocycles. The lowest BCUT2D eigenvalue weighted by Gasteiger charge is -2.71. The highest BCUT2D eigenvalue weighted by molar-refractivity contribution is 5.94. The fourth-order valence-corrected chi connectivity index (χ4v) is 13.4. The van der Waals surface area contributed by atoms with Crippen LogP contribution in [0.5, 0.6) is 0 Å². The molecule has 2 bridgehead atoms. The van der Waals surface area contributed by atoms with Crippen LogP contribution in [0.3, 0.4) is 0 Å². The molecule has 63 heavy (non-hydrogen) atoms. The van der Waals surface area contributed by atoms with Gasteiger partial charge in [-0.15, -0.1) is 0 Å². The number of aliphatic carboxylic acids is 1. The summed E-state index contributed by atoms with van der Waals surface area (Å²) in [7, 11) is 0. The molecule has 6 rings (SSSR count). The van der Waals surface area contributed by atoms with Crippen molar-refractivity contribution in [1.29, 1.82) is 0 Å². The molecule has 15 heteroatoms. The maximum Gasteiger partial charge on any atom is 0.416 e. The van der Waals surface area contributed by atoms with Gasteiger partial charge in [-0.05, 0) is 109 Å². The molecule has 5 aliphatic rings. The van der Waals surface area contributed by atoms with Crippen LogP contribution >= 0.6 is 0 Å². The molecule has 1 heterocycles. The third-order valence-electron chi connectivity index (χ3n) is 17.2. The number of nitrogens with one attached hydrogen (secondary N) is 1. The number of carboxylic acid groups (broad SMARTS) is 1. The number of ether oxygens (including phenoxy) is 3. The van der Waals surface area contributed by atoms with E-state index in [1.54, 1.807) is 6.92 Å². The van der Waals surface area contributed by atoms with Crippen molar-refractivity contribution in [2.75, 3.05) is 19.8 Å². The molecule has 0 spiro atoms. The number of amides is 1. The van der Waals surface area contributed by atoms with Crippen LogP contribution in [0.1, 0.15) is 142 Å². The number of halogens is 6. The van der Waals surface area contributed by atoms with Gasteiger partial charge in [-0.25, -0.2) is 0 Å². The Kier molecular flexibility index (Phi) is 13.2. The molecular formula is C48H65F6NO8. The predicted molar refractivity (Wildman–Crippen MR) is 221 cm³/mol. The summed E-state index contributed by atoms with van der Waals surface area (Å²) in [4.78, 5) is 52.7. The Balaban J connectivity index is 1.16. The van der Waals surface area contributed by atoms with Crippen molar-refractivity contribution in [3.8, 4) is 0 Å². The Hall–Kier alpha value is -3.62. The quantitative estimate of drug-likeness (QED) is 0.0919. The average molecular weight is 898 g/mol. The van der Waals surface area contributed by atoms with Crippen LogP contribution in [0.25, 0.3) is 0 Å². The minimum atomic E-state index is -5.09. The van der Waals surface area contributed by atoms with E-state index in [1.165, 1.54) is 12.5 Å². The van der Waals surface area contributed by atoms with E-state index in [-0.39, 0.29) is 54.2 Å². The average Bonchev–Trinajstić information content (AvgIpc) is 3.17. The maximum absolute atomic E-state index is 13.9. The number of unbranched alkanes of at least 4 members (excludes halogenated alkanes) is 1. The smallest absolute Gasteiger partial charge is 0.416 e. The first kappa shape index (κ1) is 48.8. The van der Waals surface area contributed by atoms with E-state index < -0.39 is 93.1 Å². The first-order chi connectivity index (χ1) is 29.1. The lowest BCUT2D eigenvalue weighted by Crippen LogP contribution is -2.70. The standard InChI is InChI=1S/C48H65F6NO8/c1-26(2)28(4)42(6)17-18-44(8)33-13-14-36-43(7)24-61-25-46(36,34(33)15-16-45(44,9)37(42)40(58)59)23-35(62-29(5)56)38(43)63-41(60)27(3)12-10-11-19-55-39(57)30-20-31(47(49,50)51)22-32(21-30)48(52,53)54/h15,20-22,26-28,33,35-38H,10-14,16-19,23-25H2,1-9H3,(H,55,57)(H,58,59)/t27?,28-,33+,35-,36+,37-,38+,42-,43+,44-,45+,46+/m1/s1. The number of esters is 2. The SMILES string of the molecule is CC(=O)O[C@@H]1C[C@@]23COC[C@@](C)([C@@H]2CC[C@H]2C3=CC[C@@]3(C)[C@H](C(=O)O)[C@@](C)([C@H](C)C(C)C)CC[C@]23C)[C@H]1OC(=O)C(C)CCCCNC(=O)c1cc(C(F)(F)F)cc(C(F)(F)F)c1. The summed E-state index contributed by atoms with van der Waals surface area (Å²) in [5.74, 6) is -3.41. The monoisotopic (exact) mass is 897 g/mol. The number of hydrogen-bond donors (Lipinski definition) is 2. The summed E-state index contributed by atoms with van der Waals surface area (Å²) in [6.07, 6.45) is -4.21. The summed E-state index contributed by atoms with van der Waals surface area (Å²) >= 11 is 0. The van der Waals surface area contributed by atoms with E-state index >= 15 is 0 Å². The number of carboxylic acids is 1. The van der Waals surface area contributed by atoms with Gasteiger partial charge in [0.05, 0.1) is 36.2 Å². The lowest BCUT2D eigenvalue weighted by atomic mass is 9.34. The largest absolute Gasteiger partial charge is 0.481 e. The highest BCUT2D eigenvalue weighted by Gasteiger charge is 2.72. The second kappa shape index (κ2) is 17.0. The molecule has 4 fully saturated rings. The number of carbonyl (C=O) groups is 4. The summed E-state index contributed by atoms with van der Waals surface area (Å²) in [6.45, 7) is 18.9. The van der Waals surface area contributed by atoms with Crippen LogP contribution in [0.4, 0.5) is 26.3 Å². The topological polar surface area (TPSA) is 128 Å². The van der Waals surface area contributed by atoms with Crippen LogP contribution in [-0.2, 0) is 40.9 Å². The van der Waals surface area contributed by atoms with Gasteiger partial charge in [-0.2, -0.15) is 26.3 Å². The van der Waals surface area contributed by atoms with Gasteiger partial charge >= 0.3 is 30.3 Å². The lowest BCUT2D eigenvalue weighted by molar-refractivity contribution is -0.264. The van der Waals surface area contributed by atoms with Crippen LogP contribution in [0.2, 0.25) is 0 Å². The normalized spacial score (nSPS) is 36.1. The molecule has 0 aromatic heterocycles. The second-order valence-electron chi connectivity index (χ2n) is 21.0. The molecule has 12 atom stereocenters. The van der Waals surface area contributed by atoms with E-state index in [9.17, 15) is 50.6 Å². The Morgan fingerprint density at radius 1 is 0.873 bits per heavy atom. The van der Waals surface area contributed by atoms with Gasteiger partial charge in [0.25, 0.3) is 5.91 Å². The number of hydrogen-bond acceptors (Lipinski definition) is 7. The Morgan fingerprint density at radius 2 is 1.51 bits per heavy atom. The van der Waals surface area contributed by atoms with Gasteiger partial charge in [0.15, 0.2) is 0 Å². The number of benzene rings is 1. The van der Waals surface area contributed by atoms with Crippen molar-refractivity contribution in [2.24, 2.45) is 62.6 Å². The highest BCUT2D eigenvalue weighted by atomic mass is 19.4. The number of carbonyl (C=O) groups excluding carboxylic acids is 3. The van der Waals surface area contributed by atoms with Gasteiger partial charge in [0.2, 0.25) is 0 Å². The van der Waals surface area contributed by atoms with Crippen LogP contribution in [-0.4, -0.2) is 60.9 Å². The van der Waals surface area contributed by atoms with Crippen molar-refractivity contribution in [1.82, 2.24) is 5.32 Å². The van der Waals surface area contributed by atoms with Gasteiger partial charge in [0, 0.05) is 29.9 Å². The van der Waals surface area contributed by atoms with E-state index in [4.69, 9.17) is 14.2 Å². The highest BCUT2D eigenvalue weighted by Crippen LogP contribution is 2.75. The van der Waals surface area contributed by atoms with Gasteiger partial charge in [-0.3, -0.25) is 19.2 Å². The zero-order valence-electron chi connectivity index (χ0n) is 38.0. The van der Waals surface area contributed by atoms with Gasteiger partial charge in [0.1, 0.15) is 12.2 Å².